The molecule has 4 aromatic rings. The minimum absolute atomic E-state index is 0.0367. The van der Waals surface area contributed by atoms with Gasteiger partial charge in [0.2, 0.25) is 12.0 Å². The smallest absolute Gasteiger partial charge is 0.349 e. The molecule has 29 heavy (non-hydrogen) atoms. The zero-order valence-corrected chi connectivity index (χ0v) is 17.3. The van der Waals surface area contributed by atoms with E-state index in [1.807, 2.05) is 17.5 Å². The lowest BCUT2D eigenvalue weighted by Gasteiger charge is -2.18. The number of hydrogen-bond acceptors (Lipinski definition) is 6. The summed E-state index contributed by atoms with van der Waals surface area (Å²) in [6.07, 6.45) is -1.25. The van der Waals surface area contributed by atoms with Crippen LogP contribution in [0.5, 0.6) is 5.88 Å². The van der Waals surface area contributed by atoms with Gasteiger partial charge < -0.3 is 20.0 Å². The summed E-state index contributed by atoms with van der Waals surface area (Å²) in [5.41, 5.74) is 8.20. The Labute approximate surface area is 178 Å². The Bertz CT molecular complexity index is 1140. The fourth-order valence-electron chi connectivity index (χ4n) is 2.84. The number of nitrogen functional groups attached to an aromatic ring is 1. The van der Waals surface area contributed by atoms with Gasteiger partial charge in [0.1, 0.15) is 11.4 Å². The van der Waals surface area contributed by atoms with E-state index in [1.165, 1.54) is 11.3 Å². The Hall–Kier alpha value is -3.10. The Morgan fingerprint density at radius 1 is 1.17 bits per heavy atom. The van der Waals surface area contributed by atoms with Crippen molar-refractivity contribution >= 4 is 38.9 Å². The molecule has 0 saturated carbocycles. The highest BCUT2D eigenvalue weighted by molar-refractivity contribution is 9.10. The number of rotatable bonds is 6. The first-order chi connectivity index (χ1) is 14.0. The zero-order chi connectivity index (χ0) is 20.4. The highest BCUT2D eigenvalue weighted by Gasteiger charge is 2.25. The largest absolute Gasteiger partial charge is 0.478 e. The number of furan rings is 1. The lowest BCUT2D eigenvalue weighted by Crippen LogP contribution is -2.19. The van der Waals surface area contributed by atoms with Crippen molar-refractivity contribution in [3.8, 4) is 27.8 Å². The summed E-state index contributed by atoms with van der Waals surface area (Å²) < 4.78 is 12.0. The van der Waals surface area contributed by atoms with Crippen LogP contribution in [0.15, 0.2) is 75.1 Å². The monoisotopic (exact) mass is 470 g/mol. The Balaban J connectivity index is 1.83. The molecule has 3 heterocycles. The first-order valence-electron chi connectivity index (χ1n) is 8.57. The van der Waals surface area contributed by atoms with Gasteiger partial charge in [-0.1, -0.05) is 36.4 Å². The molecule has 0 radical (unpaired) electrons. The number of carboxylic acids is 1. The van der Waals surface area contributed by atoms with Crippen LogP contribution in [0.25, 0.3) is 21.9 Å². The van der Waals surface area contributed by atoms with E-state index in [4.69, 9.17) is 14.9 Å². The summed E-state index contributed by atoms with van der Waals surface area (Å²) in [6.45, 7) is 0. The molecule has 0 aliphatic carbocycles. The Kier molecular flexibility index (Phi) is 5.37. The molecule has 0 bridgehead atoms. The number of pyridine rings is 1. The van der Waals surface area contributed by atoms with E-state index in [0.29, 0.717) is 27.3 Å². The van der Waals surface area contributed by atoms with Gasteiger partial charge in [0.25, 0.3) is 0 Å². The van der Waals surface area contributed by atoms with Crippen LogP contribution in [0, 0.1) is 0 Å². The van der Waals surface area contributed by atoms with Gasteiger partial charge in [-0.05, 0) is 45.6 Å². The topological polar surface area (TPSA) is 98.6 Å². The van der Waals surface area contributed by atoms with E-state index in [9.17, 15) is 9.90 Å². The van der Waals surface area contributed by atoms with Crippen molar-refractivity contribution in [3.05, 3.63) is 76.3 Å². The van der Waals surface area contributed by atoms with Gasteiger partial charge in [-0.3, -0.25) is 0 Å². The second-order valence-electron chi connectivity index (χ2n) is 6.10. The first kappa shape index (κ1) is 19.2. The van der Waals surface area contributed by atoms with Crippen molar-refractivity contribution in [2.45, 2.75) is 6.10 Å². The maximum atomic E-state index is 11.9. The van der Waals surface area contributed by atoms with Crippen LogP contribution in [0.4, 0.5) is 5.69 Å². The molecule has 0 saturated heterocycles. The zero-order valence-electron chi connectivity index (χ0n) is 14.9. The molecule has 0 amide bonds. The number of nitrogens with zero attached hydrogens (tertiary/aromatic N) is 1. The highest BCUT2D eigenvalue weighted by Crippen LogP contribution is 2.39. The van der Waals surface area contributed by atoms with Crippen LogP contribution >= 0.6 is 27.3 Å². The quantitative estimate of drug-likeness (QED) is 0.379. The van der Waals surface area contributed by atoms with Gasteiger partial charge in [0.05, 0.1) is 10.6 Å². The average Bonchev–Trinajstić information content (AvgIpc) is 3.39. The minimum atomic E-state index is -1.25. The number of halogens is 1. The number of aromatic nitrogens is 1. The predicted octanol–water partition coefficient (Wildman–Crippen LogP) is 5.62. The Morgan fingerprint density at radius 2 is 1.97 bits per heavy atom. The van der Waals surface area contributed by atoms with Crippen LogP contribution in [0.1, 0.15) is 11.7 Å². The van der Waals surface area contributed by atoms with Crippen LogP contribution in [0.3, 0.4) is 0 Å². The van der Waals surface area contributed by atoms with Gasteiger partial charge in [-0.25, -0.2) is 9.78 Å². The van der Waals surface area contributed by atoms with Gasteiger partial charge in [0.15, 0.2) is 4.67 Å². The second-order valence-corrected chi connectivity index (χ2v) is 7.83. The van der Waals surface area contributed by atoms with Gasteiger partial charge in [-0.2, -0.15) is 0 Å². The molecule has 146 valence electrons. The third-order valence-corrected chi connectivity index (χ3v) is 5.51. The molecule has 1 atom stereocenters. The van der Waals surface area contributed by atoms with Gasteiger partial charge in [0, 0.05) is 11.1 Å². The van der Waals surface area contributed by atoms with Crippen molar-refractivity contribution in [2.24, 2.45) is 0 Å². The van der Waals surface area contributed by atoms with E-state index < -0.39 is 12.1 Å². The lowest BCUT2D eigenvalue weighted by atomic mass is 10.1. The number of ether oxygens (including phenoxy) is 1. The number of thiophene rings is 1. The minimum Gasteiger partial charge on any atom is -0.478 e. The van der Waals surface area contributed by atoms with Crippen molar-refractivity contribution in [1.29, 1.82) is 0 Å². The van der Waals surface area contributed by atoms with Crippen LogP contribution in [-0.4, -0.2) is 16.1 Å². The molecule has 1 unspecified atom stereocenters. The number of aliphatic carboxylic acids is 1. The summed E-state index contributed by atoms with van der Waals surface area (Å²) >= 11 is 4.80. The van der Waals surface area contributed by atoms with Crippen LogP contribution in [-0.2, 0) is 4.79 Å². The molecule has 0 spiro atoms. The molecule has 4 rings (SSSR count). The molecule has 0 fully saturated rings. The molecule has 1 aromatic carbocycles. The van der Waals surface area contributed by atoms with E-state index in [0.717, 1.165) is 4.88 Å². The highest BCUT2D eigenvalue weighted by atomic mass is 79.9. The number of anilines is 1. The van der Waals surface area contributed by atoms with Gasteiger partial charge in [-0.15, -0.1) is 11.3 Å². The molecule has 0 aliphatic rings. The second kappa shape index (κ2) is 8.10. The summed E-state index contributed by atoms with van der Waals surface area (Å²) in [4.78, 5) is 17.3. The van der Waals surface area contributed by atoms with Crippen molar-refractivity contribution in [3.63, 3.8) is 0 Å². The van der Waals surface area contributed by atoms with Crippen LogP contribution < -0.4 is 10.5 Å². The summed E-state index contributed by atoms with van der Waals surface area (Å²) in [5, 5.41) is 11.6. The van der Waals surface area contributed by atoms with Crippen molar-refractivity contribution in [2.75, 3.05) is 5.73 Å². The van der Waals surface area contributed by atoms with E-state index in [1.54, 1.807) is 48.5 Å². The van der Waals surface area contributed by atoms with Crippen LogP contribution in [0.2, 0.25) is 0 Å². The first-order valence-corrected chi connectivity index (χ1v) is 10.2. The van der Waals surface area contributed by atoms with Crippen molar-refractivity contribution < 1.29 is 19.1 Å². The standard InChI is InChI=1S/C21H15BrN2O4S/c22-17-9-8-15(27-17)13-11-14(16-7-4-10-29-16)24-20(18(13)23)28-19(21(25)26)12-5-2-1-3-6-12/h1-11,19H,23H2,(H,25,26). The lowest BCUT2D eigenvalue weighted by molar-refractivity contribution is -0.145. The molecule has 0 aliphatic heterocycles. The predicted molar refractivity (Wildman–Crippen MR) is 115 cm³/mol. The maximum absolute atomic E-state index is 11.9. The molecule has 6 nitrogen and oxygen atoms in total. The average molecular weight is 471 g/mol. The number of benzene rings is 1. The van der Waals surface area contributed by atoms with Crippen molar-refractivity contribution in [1.82, 2.24) is 4.98 Å². The summed E-state index contributed by atoms with van der Waals surface area (Å²) in [6, 6.07) is 17.8. The third-order valence-electron chi connectivity index (χ3n) is 4.19. The Morgan fingerprint density at radius 3 is 2.59 bits per heavy atom. The molecule has 3 aromatic heterocycles. The fourth-order valence-corrected chi connectivity index (χ4v) is 3.83. The normalized spacial score (nSPS) is 11.9. The molecular weight excluding hydrogens is 456 g/mol. The summed E-state index contributed by atoms with van der Waals surface area (Å²) in [7, 11) is 0. The summed E-state index contributed by atoms with van der Waals surface area (Å²) in [5.74, 6) is -0.582. The third kappa shape index (κ3) is 4.03. The molecule has 8 heteroatoms. The van der Waals surface area contributed by atoms with Gasteiger partial charge >= 0.3 is 5.97 Å². The number of carboxylic acid groups (broad SMARTS) is 1. The molecule has 3 N–H and O–H groups in total. The van der Waals surface area contributed by atoms with E-state index >= 15 is 0 Å². The maximum Gasteiger partial charge on any atom is 0.349 e. The van der Waals surface area contributed by atoms with E-state index in [-0.39, 0.29) is 11.6 Å². The molecular formula is C21H15BrN2O4S. The fraction of sp³-hybridized carbons (Fsp3) is 0.0476. The number of hydrogen-bond donors (Lipinski definition) is 2. The SMILES string of the molecule is Nc1c(-c2ccc(Br)o2)cc(-c2cccs2)nc1OC(C(=O)O)c1ccccc1. The van der Waals surface area contributed by atoms with E-state index in [2.05, 4.69) is 20.9 Å². The number of carbonyl (C=O) groups is 1. The number of nitrogens with two attached hydrogens (primary N) is 1.